The summed E-state index contributed by atoms with van der Waals surface area (Å²) >= 11 is 1.82. The van der Waals surface area contributed by atoms with Crippen molar-refractivity contribution in [2.24, 2.45) is 0 Å². The van der Waals surface area contributed by atoms with Gasteiger partial charge in [0.05, 0.1) is 6.10 Å². The molecule has 0 heterocycles. The molecule has 2 nitrogen and oxygen atoms in total. The highest BCUT2D eigenvalue weighted by Crippen LogP contribution is 2.18. The van der Waals surface area contributed by atoms with Crippen LogP contribution in [0, 0.1) is 5.82 Å². The molecule has 0 fully saturated rings. The standard InChI is InChI=1S/C14H22FNOS/c1-11(10-18-3)16(2)8-7-14(17)12-5-4-6-13(15)9-12/h4-6,9,11,14,17H,7-8,10H2,1-3H3. The van der Waals surface area contributed by atoms with Gasteiger partial charge >= 0.3 is 0 Å². The molecule has 2 atom stereocenters. The number of halogens is 1. The topological polar surface area (TPSA) is 23.5 Å². The predicted molar refractivity (Wildman–Crippen MR) is 76.5 cm³/mol. The molecule has 0 saturated heterocycles. The molecule has 0 spiro atoms. The molecule has 0 aliphatic rings. The fourth-order valence-corrected chi connectivity index (χ4v) is 2.53. The molecule has 18 heavy (non-hydrogen) atoms. The van der Waals surface area contributed by atoms with Crippen molar-refractivity contribution in [2.45, 2.75) is 25.5 Å². The van der Waals surface area contributed by atoms with E-state index in [2.05, 4.69) is 25.1 Å². The number of benzene rings is 1. The lowest BCUT2D eigenvalue weighted by atomic mass is 10.1. The van der Waals surface area contributed by atoms with Crippen LogP contribution >= 0.6 is 11.8 Å². The van der Waals surface area contributed by atoms with E-state index >= 15 is 0 Å². The second-order valence-corrected chi connectivity index (χ2v) is 5.56. The number of hydrogen-bond donors (Lipinski definition) is 1. The first kappa shape index (κ1) is 15.5. The Hall–Kier alpha value is -0.580. The summed E-state index contributed by atoms with van der Waals surface area (Å²) in [5, 5.41) is 10.0. The van der Waals surface area contributed by atoms with Crippen molar-refractivity contribution < 1.29 is 9.50 Å². The highest BCUT2D eigenvalue weighted by atomic mass is 32.2. The summed E-state index contributed by atoms with van der Waals surface area (Å²) in [7, 11) is 2.05. The van der Waals surface area contributed by atoms with Crippen molar-refractivity contribution in [1.82, 2.24) is 4.90 Å². The number of nitrogens with zero attached hydrogens (tertiary/aromatic N) is 1. The average molecular weight is 271 g/mol. The number of aliphatic hydroxyl groups is 1. The van der Waals surface area contributed by atoms with Crippen molar-refractivity contribution in [3.63, 3.8) is 0 Å². The molecule has 1 aromatic carbocycles. The van der Waals surface area contributed by atoms with Gasteiger partial charge in [-0.2, -0.15) is 11.8 Å². The molecule has 0 amide bonds. The summed E-state index contributed by atoms with van der Waals surface area (Å²) in [5.41, 5.74) is 0.654. The number of thioether (sulfide) groups is 1. The zero-order valence-corrected chi connectivity index (χ0v) is 12.1. The van der Waals surface area contributed by atoms with E-state index in [1.165, 1.54) is 12.1 Å². The van der Waals surface area contributed by atoms with Crippen LogP contribution in [0.15, 0.2) is 24.3 Å². The number of rotatable bonds is 7. The van der Waals surface area contributed by atoms with E-state index < -0.39 is 6.10 Å². The van der Waals surface area contributed by atoms with Gasteiger partial charge in [-0.1, -0.05) is 12.1 Å². The van der Waals surface area contributed by atoms with Crippen molar-refractivity contribution in [1.29, 1.82) is 0 Å². The first-order valence-electron chi connectivity index (χ1n) is 6.17. The van der Waals surface area contributed by atoms with Crippen molar-refractivity contribution >= 4 is 11.8 Å². The van der Waals surface area contributed by atoms with Gasteiger partial charge in [-0.25, -0.2) is 4.39 Å². The molecule has 1 rings (SSSR count). The van der Waals surface area contributed by atoms with Crippen LogP contribution in [0.2, 0.25) is 0 Å². The Balaban J connectivity index is 2.43. The summed E-state index contributed by atoms with van der Waals surface area (Å²) in [4.78, 5) is 2.22. The Bertz CT molecular complexity index is 361. The summed E-state index contributed by atoms with van der Waals surface area (Å²) in [6.45, 7) is 2.98. The lowest BCUT2D eigenvalue weighted by molar-refractivity contribution is 0.142. The van der Waals surface area contributed by atoms with Crippen LogP contribution in [0.25, 0.3) is 0 Å². The van der Waals surface area contributed by atoms with E-state index in [-0.39, 0.29) is 5.82 Å². The van der Waals surface area contributed by atoms with Crippen molar-refractivity contribution in [3.8, 4) is 0 Å². The van der Waals surface area contributed by atoms with Gasteiger partial charge in [0.15, 0.2) is 0 Å². The van der Waals surface area contributed by atoms with E-state index in [1.807, 2.05) is 11.8 Å². The summed E-state index contributed by atoms with van der Waals surface area (Å²) in [6.07, 6.45) is 2.12. The second kappa shape index (κ2) is 7.77. The van der Waals surface area contributed by atoms with E-state index in [4.69, 9.17) is 0 Å². The van der Waals surface area contributed by atoms with Gasteiger partial charge in [-0.3, -0.25) is 0 Å². The maximum Gasteiger partial charge on any atom is 0.123 e. The normalized spacial score (nSPS) is 14.8. The van der Waals surface area contributed by atoms with E-state index in [0.717, 1.165) is 12.3 Å². The van der Waals surface area contributed by atoms with Gasteiger partial charge in [0.2, 0.25) is 0 Å². The number of aliphatic hydroxyl groups excluding tert-OH is 1. The maximum absolute atomic E-state index is 13.0. The van der Waals surface area contributed by atoms with Crippen molar-refractivity contribution in [3.05, 3.63) is 35.6 Å². The molecule has 4 heteroatoms. The van der Waals surface area contributed by atoms with Crippen LogP contribution in [0.4, 0.5) is 4.39 Å². The zero-order chi connectivity index (χ0) is 13.5. The maximum atomic E-state index is 13.0. The minimum Gasteiger partial charge on any atom is -0.388 e. The fourth-order valence-electron chi connectivity index (χ4n) is 1.80. The van der Waals surface area contributed by atoms with Crippen LogP contribution in [0.5, 0.6) is 0 Å². The first-order chi connectivity index (χ1) is 8.54. The van der Waals surface area contributed by atoms with Gasteiger partial charge in [0.1, 0.15) is 5.82 Å². The third-order valence-electron chi connectivity index (χ3n) is 3.15. The van der Waals surface area contributed by atoms with Crippen LogP contribution in [0.1, 0.15) is 25.0 Å². The summed E-state index contributed by atoms with van der Waals surface area (Å²) < 4.78 is 13.0. The smallest absolute Gasteiger partial charge is 0.123 e. The Kier molecular flexibility index (Phi) is 6.68. The Morgan fingerprint density at radius 3 is 2.78 bits per heavy atom. The summed E-state index contributed by atoms with van der Waals surface area (Å²) in [5.74, 6) is 0.780. The molecule has 0 radical (unpaired) electrons. The van der Waals surface area contributed by atoms with Gasteiger partial charge < -0.3 is 10.0 Å². The SMILES string of the molecule is CSCC(C)N(C)CCC(O)c1cccc(F)c1. The highest BCUT2D eigenvalue weighted by Gasteiger charge is 2.12. The molecular weight excluding hydrogens is 249 g/mol. The molecule has 0 aliphatic carbocycles. The zero-order valence-electron chi connectivity index (χ0n) is 11.3. The van der Waals surface area contributed by atoms with Gasteiger partial charge in [-0.15, -0.1) is 0 Å². The highest BCUT2D eigenvalue weighted by molar-refractivity contribution is 7.98. The third-order valence-corrected chi connectivity index (χ3v) is 3.96. The third kappa shape index (κ3) is 4.96. The Morgan fingerprint density at radius 2 is 2.17 bits per heavy atom. The monoisotopic (exact) mass is 271 g/mol. The lowest BCUT2D eigenvalue weighted by Crippen LogP contribution is -2.32. The average Bonchev–Trinajstić information content (AvgIpc) is 2.35. The van der Waals surface area contributed by atoms with Crippen LogP contribution in [0.3, 0.4) is 0 Å². The van der Waals surface area contributed by atoms with E-state index in [9.17, 15) is 9.50 Å². The van der Waals surface area contributed by atoms with Gasteiger partial charge in [0, 0.05) is 18.3 Å². The number of hydrogen-bond acceptors (Lipinski definition) is 3. The first-order valence-corrected chi connectivity index (χ1v) is 7.56. The molecular formula is C14H22FNOS. The molecule has 2 unspecified atom stereocenters. The molecule has 0 bridgehead atoms. The van der Waals surface area contributed by atoms with E-state index in [0.29, 0.717) is 18.0 Å². The molecule has 1 aromatic rings. The predicted octanol–water partition coefficient (Wildman–Crippen LogP) is 2.93. The van der Waals surface area contributed by atoms with Crippen LogP contribution < -0.4 is 0 Å². The summed E-state index contributed by atoms with van der Waals surface area (Å²) in [6, 6.07) is 6.67. The van der Waals surface area contributed by atoms with E-state index in [1.54, 1.807) is 12.1 Å². The van der Waals surface area contributed by atoms with Gasteiger partial charge in [0.25, 0.3) is 0 Å². The van der Waals surface area contributed by atoms with Crippen LogP contribution in [-0.4, -0.2) is 41.6 Å². The molecule has 0 aromatic heterocycles. The second-order valence-electron chi connectivity index (χ2n) is 4.64. The lowest BCUT2D eigenvalue weighted by Gasteiger charge is -2.25. The van der Waals surface area contributed by atoms with Crippen LogP contribution in [-0.2, 0) is 0 Å². The van der Waals surface area contributed by atoms with Gasteiger partial charge in [-0.05, 0) is 44.3 Å². The largest absolute Gasteiger partial charge is 0.388 e. The molecule has 102 valence electrons. The minimum absolute atomic E-state index is 0.296. The Labute approximate surface area is 113 Å². The Morgan fingerprint density at radius 1 is 1.44 bits per heavy atom. The molecule has 0 aliphatic heterocycles. The fraction of sp³-hybridized carbons (Fsp3) is 0.571. The molecule has 0 saturated carbocycles. The quantitative estimate of drug-likeness (QED) is 0.825. The van der Waals surface area contributed by atoms with Crippen molar-refractivity contribution in [2.75, 3.05) is 25.6 Å². The minimum atomic E-state index is -0.593. The molecule has 1 N–H and O–H groups in total.